The summed E-state index contributed by atoms with van der Waals surface area (Å²) < 4.78 is 5.22. The van der Waals surface area contributed by atoms with Crippen molar-refractivity contribution >= 4 is 0 Å². The van der Waals surface area contributed by atoms with Crippen molar-refractivity contribution in [2.45, 2.75) is 44.6 Å². The summed E-state index contributed by atoms with van der Waals surface area (Å²) in [5.74, 6) is 1.15. The topological polar surface area (TPSA) is 29.5 Å². The van der Waals surface area contributed by atoms with Crippen LogP contribution in [0.15, 0.2) is 24.3 Å². The van der Waals surface area contributed by atoms with Gasteiger partial charge in [0.15, 0.2) is 0 Å². The van der Waals surface area contributed by atoms with Crippen LogP contribution < -0.4 is 0 Å². The maximum absolute atomic E-state index is 11.5. The van der Waals surface area contributed by atoms with E-state index in [2.05, 4.69) is 31.2 Å². The fourth-order valence-electron chi connectivity index (χ4n) is 4.55. The standard InChI is InChI=1S/C18H26O2/c1-13(9-10-20-2)18(19)16-7-8-17(18)12-15-6-4-3-5-14(15)11-16/h3-6,13,16-17,19H,7-12H2,1-2H3. The van der Waals surface area contributed by atoms with Gasteiger partial charge in [-0.15, -0.1) is 0 Å². The number of methoxy groups -OCH3 is 1. The number of rotatable bonds is 4. The zero-order chi connectivity index (χ0) is 14.2. The van der Waals surface area contributed by atoms with Gasteiger partial charge in [-0.2, -0.15) is 0 Å². The third kappa shape index (κ3) is 2.19. The Bertz CT molecular complexity index is 435. The van der Waals surface area contributed by atoms with Gasteiger partial charge in [0.1, 0.15) is 0 Å². The molecule has 0 aliphatic heterocycles. The second-order valence-corrected chi connectivity index (χ2v) is 6.72. The van der Waals surface area contributed by atoms with Crippen LogP contribution in [0.4, 0.5) is 0 Å². The molecule has 2 bridgehead atoms. The summed E-state index contributed by atoms with van der Waals surface area (Å²) >= 11 is 0. The van der Waals surface area contributed by atoms with Crippen LogP contribution in [0.5, 0.6) is 0 Å². The summed E-state index contributed by atoms with van der Waals surface area (Å²) in [6.07, 6.45) is 5.39. The quantitative estimate of drug-likeness (QED) is 0.913. The minimum absolute atomic E-state index is 0.314. The minimum atomic E-state index is -0.502. The second-order valence-electron chi connectivity index (χ2n) is 6.72. The molecular weight excluding hydrogens is 248 g/mol. The number of fused-ring (bicyclic) bond motifs is 3. The zero-order valence-corrected chi connectivity index (χ0v) is 12.6. The van der Waals surface area contributed by atoms with Crippen LogP contribution in [0.1, 0.15) is 37.3 Å². The first-order valence-electron chi connectivity index (χ1n) is 7.94. The van der Waals surface area contributed by atoms with Crippen LogP contribution >= 0.6 is 0 Å². The molecule has 0 heterocycles. The van der Waals surface area contributed by atoms with Crippen LogP contribution in [0.3, 0.4) is 0 Å². The summed E-state index contributed by atoms with van der Waals surface area (Å²) in [5, 5.41) is 11.5. The van der Waals surface area contributed by atoms with Crippen molar-refractivity contribution in [3.63, 3.8) is 0 Å². The summed E-state index contributed by atoms with van der Waals surface area (Å²) in [4.78, 5) is 0. The molecule has 0 spiro atoms. The molecule has 1 fully saturated rings. The summed E-state index contributed by atoms with van der Waals surface area (Å²) in [6.45, 7) is 2.95. The van der Waals surface area contributed by atoms with Crippen molar-refractivity contribution in [1.82, 2.24) is 0 Å². The van der Waals surface area contributed by atoms with E-state index in [-0.39, 0.29) is 0 Å². The Morgan fingerprint density at radius 3 is 2.25 bits per heavy atom. The van der Waals surface area contributed by atoms with Gasteiger partial charge < -0.3 is 9.84 Å². The molecule has 1 saturated carbocycles. The monoisotopic (exact) mass is 274 g/mol. The lowest BCUT2D eigenvalue weighted by Crippen LogP contribution is -2.46. The average Bonchev–Trinajstić information content (AvgIpc) is 2.67. The molecule has 2 aliphatic carbocycles. The molecule has 2 nitrogen and oxygen atoms in total. The van der Waals surface area contributed by atoms with Gasteiger partial charge in [0.25, 0.3) is 0 Å². The third-order valence-corrected chi connectivity index (χ3v) is 5.77. The fourth-order valence-corrected chi connectivity index (χ4v) is 4.55. The molecular formula is C18H26O2. The molecule has 2 heteroatoms. The van der Waals surface area contributed by atoms with Gasteiger partial charge in [-0.25, -0.2) is 0 Å². The van der Waals surface area contributed by atoms with Crippen molar-refractivity contribution in [2.75, 3.05) is 13.7 Å². The molecule has 1 aromatic rings. The predicted molar refractivity (Wildman–Crippen MR) is 80.7 cm³/mol. The summed E-state index contributed by atoms with van der Waals surface area (Å²) in [6, 6.07) is 8.75. The first-order chi connectivity index (χ1) is 9.66. The van der Waals surface area contributed by atoms with Crippen molar-refractivity contribution in [3.05, 3.63) is 35.4 Å². The normalized spacial score (nSPS) is 33.5. The molecule has 20 heavy (non-hydrogen) atoms. The molecule has 0 radical (unpaired) electrons. The van der Waals surface area contributed by atoms with Gasteiger partial charge in [-0.3, -0.25) is 0 Å². The molecule has 0 amide bonds. The lowest BCUT2D eigenvalue weighted by atomic mass is 9.72. The van der Waals surface area contributed by atoms with E-state index in [0.717, 1.165) is 25.9 Å². The number of benzene rings is 1. The van der Waals surface area contributed by atoms with Crippen molar-refractivity contribution < 1.29 is 9.84 Å². The second kappa shape index (κ2) is 5.50. The van der Waals surface area contributed by atoms with E-state index in [4.69, 9.17) is 4.74 Å². The van der Waals surface area contributed by atoms with E-state index in [0.29, 0.717) is 17.8 Å². The molecule has 0 saturated heterocycles. The number of hydrogen-bond donors (Lipinski definition) is 1. The van der Waals surface area contributed by atoms with Gasteiger partial charge in [-0.1, -0.05) is 31.2 Å². The average molecular weight is 274 g/mol. The first-order valence-corrected chi connectivity index (χ1v) is 7.94. The van der Waals surface area contributed by atoms with E-state index < -0.39 is 5.60 Å². The molecule has 2 aliphatic rings. The van der Waals surface area contributed by atoms with E-state index in [9.17, 15) is 5.11 Å². The number of hydrogen-bond acceptors (Lipinski definition) is 2. The molecule has 3 unspecified atom stereocenters. The zero-order valence-electron chi connectivity index (χ0n) is 12.6. The van der Waals surface area contributed by atoms with E-state index in [1.165, 1.54) is 24.0 Å². The van der Waals surface area contributed by atoms with Crippen molar-refractivity contribution in [3.8, 4) is 0 Å². The van der Waals surface area contributed by atoms with Crippen LogP contribution in [-0.4, -0.2) is 24.4 Å². The molecule has 1 N–H and O–H groups in total. The van der Waals surface area contributed by atoms with Gasteiger partial charge in [-0.05, 0) is 61.0 Å². The Labute approximate surface area is 122 Å². The van der Waals surface area contributed by atoms with Crippen LogP contribution in [0, 0.1) is 17.8 Å². The Morgan fingerprint density at radius 2 is 1.75 bits per heavy atom. The Kier molecular flexibility index (Phi) is 3.87. The number of aliphatic hydroxyl groups is 1. The lowest BCUT2D eigenvalue weighted by Gasteiger charge is -2.39. The fraction of sp³-hybridized carbons (Fsp3) is 0.667. The van der Waals surface area contributed by atoms with E-state index >= 15 is 0 Å². The van der Waals surface area contributed by atoms with E-state index in [1.54, 1.807) is 7.11 Å². The van der Waals surface area contributed by atoms with Gasteiger partial charge in [0.05, 0.1) is 5.60 Å². The molecule has 110 valence electrons. The van der Waals surface area contributed by atoms with Crippen LogP contribution in [0.2, 0.25) is 0 Å². The maximum atomic E-state index is 11.5. The van der Waals surface area contributed by atoms with Gasteiger partial charge in [0, 0.05) is 13.7 Å². The smallest absolute Gasteiger partial charge is 0.0736 e. The third-order valence-electron chi connectivity index (χ3n) is 5.77. The van der Waals surface area contributed by atoms with Crippen LogP contribution in [0.25, 0.3) is 0 Å². The highest BCUT2D eigenvalue weighted by Crippen LogP contribution is 2.51. The molecule has 3 atom stereocenters. The molecule has 1 aromatic carbocycles. The van der Waals surface area contributed by atoms with Crippen molar-refractivity contribution in [1.29, 1.82) is 0 Å². The molecule has 0 aromatic heterocycles. The Balaban J connectivity index is 1.88. The maximum Gasteiger partial charge on any atom is 0.0736 e. The largest absolute Gasteiger partial charge is 0.389 e. The first kappa shape index (κ1) is 14.1. The SMILES string of the molecule is COCCC(C)C1(O)C2CCC1Cc1ccccc1C2. The van der Waals surface area contributed by atoms with Crippen molar-refractivity contribution in [2.24, 2.45) is 17.8 Å². The van der Waals surface area contributed by atoms with Gasteiger partial charge in [0.2, 0.25) is 0 Å². The van der Waals surface area contributed by atoms with E-state index in [1.807, 2.05) is 0 Å². The summed E-state index contributed by atoms with van der Waals surface area (Å²) in [5.41, 5.74) is 2.41. The Hall–Kier alpha value is -0.860. The highest BCUT2D eigenvalue weighted by atomic mass is 16.5. The molecule has 3 rings (SSSR count). The number of ether oxygens (including phenoxy) is 1. The van der Waals surface area contributed by atoms with Crippen LogP contribution in [-0.2, 0) is 17.6 Å². The lowest BCUT2D eigenvalue weighted by molar-refractivity contribution is -0.0851. The predicted octanol–water partition coefficient (Wildman–Crippen LogP) is 3.22. The summed E-state index contributed by atoms with van der Waals surface area (Å²) in [7, 11) is 1.74. The Morgan fingerprint density at radius 1 is 1.20 bits per heavy atom. The highest BCUT2D eigenvalue weighted by Gasteiger charge is 2.52. The highest BCUT2D eigenvalue weighted by molar-refractivity contribution is 5.32. The minimum Gasteiger partial charge on any atom is -0.389 e. The van der Waals surface area contributed by atoms with Gasteiger partial charge >= 0.3 is 0 Å².